The third kappa shape index (κ3) is 2.85. The number of rotatable bonds is 4. The molecule has 0 aliphatic carbocycles. The predicted octanol–water partition coefficient (Wildman–Crippen LogP) is 3.92. The Labute approximate surface area is 158 Å². The van der Waals surface area contributed by atoms with Gasteiger partial charge in [-0.1, -0.05) is 6.07 Å². The van der Waals surface area contributed by atoms with Gasteiger partial charge in [0.25, 0.3) is 0 Å². The summed E-state index contributed by atoms with van der Waals surface area (Å²) in [6.07, 6.45) is 3.14. The molecular weight excluding hydrogens is 342 g/mol. The van der Waals surface area contributed by atoms with E-state index in [0.717, 1.165) is 37.1 Å². The Morgan fingerprint density at radius 1 is 1.12 bits per heavy atom. The summed E-state index contributed by atoms with van der Waals surface area (Å²) in [5.41, 5.74) is 2.45. The Balaban J connectivity index is 1.35. The van der Waals surface area contributed by atoms with E-state index in [1.807, 2.05) is 29.7 Å². The fraction of sp³-hybridized carbons (Fsp3) is 0.381. The van der Waals surface area contributed by atoms with Crippen LogP contribution in [-0.4, -0.2) is 34.7 Å². The lowest BCUT2D eigenvalue weighted by Gasteiger charge is -2.27. The lowest BCUT2D eigenvalue weighted by Crippen LogP contribution is -2.28. The molecule has 2 aromatic heterocycles. The van der Waals surface area contributed by atoms with Gasteiger partial charge in [0.2, 0.25) is 0 Å². The minimum absolute atomic E-state index is 0.730. The van der Waals surface area contributed by atoms with Crippen molar-refractivity contribution in [1.29, 1.82) is 0 Å². The summed E-state index contributed by atoms with van der Waals surface area (Å²) in [7, 11) is 1.71. The van der Waals surface area contributed by atoms with E-state index in [4.69, 9.17) is 9.72 Å². The zero-order valence-electron chi connectivity index (χ0n) is 15.0. The average Bonchev–Trinajstić information content (AvgIpc) is 3.39. The molecule has 0 unspecified atom stereocenters. The molecule has 1 saturated heterocycles. The molecule has 0 N–H and O–H groups in total. The highest BCUT2D eigenvalue weighted by Gasteiger charge is 2.37. The number of hydrogen-bond donors (Lipinski definition) is 0. The first-order valence-corrected chi connectivity index (χ1v) is 10.1. The van der Waals surface area contributed by atoms with Crippen molar-refractivity contribution in [1.82, 2.24) is 14.5 Å². The molecule has 0 saturated carbocycles. The van der Waals surface area contributed by atoms with Crippen LogP contribution in [-0.2, 0) is 19.5 Å². The zero-order valence-corrected chi connectivity index (χ0v) is 15.8. The maximum absolute atomic E-state index is 5.28. The quantitative estimate of drug-likeness (QED) is 0.702. The van der Waals surface area contributed by atoms with E-state index >= 15 is 0 Å². The van der Waals surface area contributed by atoms with Crippen LogP contribution in [0.1, 0.15) is 10.7 Å². The maximum atomic E-state index is 5.28. The first-order chi connectivity index (χ1) is 12.8. The van der Waals surface area contributed by atoms with Crippen LogP contribution in [0.2, 0.25) is 0 Å². The Morgan fingerprint density at radius 2 is 1.96 bits per heavy atom. The van der Waals surface area contributed by atoms with Crippen LogP contribution in [0.15, 0.2) is 48.0 Å². The van der Waals surface area contributed by atoms with Crippen LogP contribution >= 0.6 is 11.3 Å². The largest absolute Gasteiger partial charge is 0.497 e. The number of imidazole rings is 1. The molecule has 0 bridgehead atoms. The molecule has 1 fully saturated rings. The van der Waals surface area contributed by atoms with Crippen molar-refractivity contribution in [2.75, 3.05) is 20.2 Å². The maximum Gasteiger partial charge on any atom is 0.118 e. The summed E-state index contributed by atoms with van der Waals surface area (Å²) >= 11 is 1.87. The number of hydrogen-bond acceptors (Lipinski definition) is 4. The second-order valence-electron chi connectivity index (χ2n) is 7.40. The Hall–Kier alpha value is -2.11. The third-order valence-corrected chi connectivity index (χ3v) is 6.66. The highest BCUT2D eigenvalue weighted by molar-refractivity contribution is 7.09. The summed E-state index contributed by atoms with van der Waals surface area (Å²) in [6, 6.07) is 12.7. The molecule has 1 aromatic carbocycles. The molecule has 26 heavy (non-hydrogen) atoms. The second-order valence-corrected chi connectivity index (χ2v) is 8.43. The van der Waals surface area contributed by atoms with E-state index in [2.05, 4.69) is 39.1 Å². The molecule has 3 aromatic rings. The summed E-state index contributed by atoms with van der Waals surface area (Å²) in [5, 5.41) is 2.18. The highest BCUT2D eigenvalue weighted by atomic mass is 32.1. The SMILES string of the molecule is COc1ccc(-c2cnc3n2C[C@H]2CN(Cc4cccs4)C[C@@H]2C3)cc1. The smallest absolute Gasteiger partial charge is 0.118 e. The van der Waals surface area contributed by atoms with Gasteiger partial charge in [-0.15, -0.1) is 11.3 Å². The molecule has 4 heterocycles. The van der Waals surface area contributed by atoms with Gasteiger partial charge in [-0.05, 0) is 47.5 Å². The minimum Gasteiger partial charge on any atom is -0.497 e. The molecule has 2 aliphatic heterocycles. The van der Waals surface area contributed by atoms with Crippen molar-refractivity contribution in [3.63, 3.8) is 0 Å². The Bertz CT molecular complexity index is 885. The van der Waals surface area contributed by atoms with Gasteiger partial charge in [-0.2, -0.15) is 0 Å². The normalized spacial score (nSPS) is 22.2. The highest BCUT2D eigenvalue weighted by Crippen LogP contribution is 2.36. The van der Waals surface area contributed by atoms with Gasteiger partial charge in [0.05, 0.1) is 19.0 Å². The van der Waals surface area contributed by atoms with Crippen molar-refractivity contribution >= 4 is 11.3 Å². The molecule has 5 rings (SSSR count). The molecule has 0 radical (unpaired) electrons. The number of nitrogens with zero attached hydrogens (tertiary/aromatic N) is 3. The molecule has 134 valence electrons. The van der Waals surface area contributed by atoms with Gasteiger partial charge in [0.1, 0.15) is 11.6 Å². The molecule has 2 atom stereocenters. The van der Waals surface area contributed by atoms with E-state index in [9.17, 15) is 0 Å². The number of ether oxygens (including phenoxy) is 1. The number of benzene rings is 1. The Kier molecular flexibility index (Phi) is 4.06. The summed E-state index contributed by atoms with van der Waals surface area (Å²) < 4.78 is 7.73. The molecule has 0 amide bonds. The van der Waals surface area contributed by atoms with Crippen molar-refractivity contribution in [3.8, 4) is 17.0 Å². The summed E-state index contributed by atoms with van der Waals surface area (Å²) in [6.45, 7) is 4.58. The zero-order chi connectivity index (χ0) is 17.5. The lowest BCUT2D eigenvalue weighted by atomic mass is 9.89. The number of fused-ring (bicyclic) bond motifs is 2. The number of aromatic nitrogens is 2. The van der Waals surface area contributed by atoms with Crippen LogP contribution in [0, 0.1) is 11.8 Å². The number of methoxy groups -OCH3 is 1. The second kappa shape index (κ2) is 6.56. The molecule has 2 aliphatic rings. The van der Waals surface area contributed by atoms with E-state index in [1.54, 1.807) is 7.11 Å². The van der Waals surface area contributed by atoms with Gasteiger partial charge in [0, 0.05) is 43.0 Å². The fourth-order valence-corrected chi connectivity index (χ4v) is 5.21. The average molecular weight is 366 g/mol. The summed E-state index contributed by atoms with van der Waals surface area (Å²) in [5.74, 6) is 3.62. The standard InChI is InChI=1S/C21H23N3OS/c1-25-18-6-4-15(5-7-18)20-10-22-21-9-16-11-23(12-17(16)13-24(20)21)14-19-3-2-8-26-19/h2-8,10,16-17H,9,11-14H2,1H3/t16-,17+/m0/s1. The first-order valence-electron chi connectivity index (χ1n) is 9.23. The fourth-order valence-electron chi connectivity index (χ4n) is 4.47. The van der Waals surface area contributed by atoms with Gasteiger partial charge in [0.15, 0.2) is 0 Å². The molecule has 4 nitrogen and oxygen atoms in total. The lowest BCUT2D eigenvalue weighted by molar-refractivity contribution is 0.308. The first kappa shape index (κ1) is 16.1. The van der Waals surface area contributed by atoms with E-state index in [-0.39, 0.29) is 0 Å². The molecular formula is C21H23N3OS. The van der Waals surface area contributed by atoms with Gasteiger partial charge in [-0.3, -0.25) is 4.90 Å². The predicted molar refractivity (Wildman–Crippen MR) is 104 cm³/mol. The van der Waals surface area contributed by atoms with Crippen LogP contribution in [0.5, 0.6) is 5.75 Å². The third-order valence-electron chi connectivity index (χ3n) is 5.80. The van der Waals surface area contributed by atoms with Crippen molar-refractivity contribution in [3.05, 3.63) is 58.7 Å². The van der Waals surface area contributed by atoms with Crippen molar-refractivity contribution in [2.45, 2.75) is 19.5 Å². The van der Waals surface area contributed by atoms with Crippen LogP contribution in [0.4, 0.5) is 0 Å². The van der Waals surface area contributed by atoms with Gasteiger partial charge < -0.3 is 9.30 Å². The molecule has 0 spiro atoms. The van der Waals surface area contributed by atoms with E-state index in [1.165, 1.54) is 35.0 Å². The number of likely N-dealkylation sites (tertiary alicyclic amines) is 1. The van der Waals surface area contributed by atoms with E-state index < -0.39 is 0 Å². The van der Waals surface area contributed by atoms with E-state index in [0.29, 0.717) is 0 Å². The summed E-state index contributed by atoms with van der Waals surface area (Å²) in [4.78, 5) is 8.85. The Morgan fingerprint density at radius 3 is 2.73 bits per heavy atom. The van der Waals surface area contributed by atoms with Crippen LogP contribution in [0.3, 0.4) is 0 Å². The van der Waals surface area contributed by atoms with Gasteiger partial charge in [-0.25, -0.2) is 4.98 Å². The van der Waals surface area contributed by atoms with Crippen molar-refractivity contribution < 1.29 is 4.74 Å². The van der Waals surface area contributed by atoms with Gasteiger partial charge >= 0.3 is 0 Å². The monoisotopic (exact) mass is 365 g/mol. The van der Waals surface area contributed by atoms with Crippen LogP contribution in [0.25, 0.3) is 11.3 Å². The number of thiophene rings is 1. The molecule has 5 heteroatoms. The van der Waals surface area contributed by atoms with Crippen molar-refractivity contribution in [2.24, 2.45) is 11.8 Å². The minimum atomic E-state index is 0.730. The van der Waals surface area contributed by atoms with Crippen LogP contribution < -0.4 is 4.74 Å². The topological polar surface area (TPSA) is 30.3 Å².